The number of carbonyl (C=O) groups is 1. The van der Waals surface area contributed by atoms with Gasteiger partial charge in [0.1, 0.15) is 6.10 Å². The number of ether oxygens (including phenoxy) is 2. The highest BCUT2D eigenvalue weighted by molar-refractivity contribution is 5.78. The van der Waals surface area contributed by atoms with E-state index in [4.69, 9.17) is 15.2 Å². The third-order valence-corrected chi connectivity index (χ3v) is 3.49. The molecule has 92 valence electrons. The smallest absolute Gasteiger partial charge is 0.246 e. The molecule has 2 aliphatic rings. The van der Waals surface area contributed by atoms with Crippen molar-refractivity contribution in [3.05, 3.63) is 0 Å². The van der Waals surface area contributed by atoms with Crippen LogP contribution in [0.3, 0.4) is 0 Å². The quantitative estimate of drug-likeness (QED) is 0.701. The number of primary amides is 1. The number of rotatable bonds is 3. The number of carbonyl (C=O) groups excluding carboxylic acids is 1. The van der Waals surface area contributed by atoms with E-state index < -0.39 is 12.0 Å². The standard InChI is InChI=1S/C11H20N2O3/c1-8(10(12)14)16-9-6-11(15-7-9)2-4-13-5-3-11/h8-9,13H,2-7H2,1H3,(H2,12,14). The summed E-state index contributed by atoms with van der Waals surface area (Å²) >= 11 is 0. The van der Waals surface area contributed by atoms with Crippen molar-refractivity contribution in [3.8, 4) is 0 Å². The van der Waals surface area contributed by atoms with Crippen LogP contribution in [-0.4, -0.2) is 43.4 Å². The zero-order chi connectivity index (χ0) is 11.6. The Balaban J connectivity index is 1.85. The van der Waals surface area contributed by atoms with Crippen molar-refractivity contribution in [2.24, 2.45) is 5.73 Å². The summed E-state index contributed by atoms with van der Waals surface area (Å²) in [7, 11) is 0. The van der Waals surface area contributed by atoms with Crippen LogP contribution in [0.4, 0.5) is 0 Å². The Labute approximate surface area is 95.7 Å². The number of hydrogen-bond acceptors (Lipinski definition) is 4. The number of hydrogen-bond donors (Lipinski definition) is 2. The van der Waals surface area contributed by atoms with Gasteiger partial charge in [-0.25, -0.2) is 0 Å². The van der Waals surface area contributed by atoms with E-state index in [-0.39, 0.29) is 11.7 Å². The highest BCUT2D eigenvalue weighted by atomic mass is 16.6. The minimum Gasteiger partial charge on any atom is -0.372 e. The molecule has 2 heterocycles. The molecule has 0 aromatic rings. The first kappa shape index (κ1) is 11.8. The average molecular weight is 228 g/mol. The van der Waals surface area contributed by atoms with Gasteiger partial charge in [-0.3, -0.25) is 4.79 Å². The molecule has 2 atom stereocenters. The maximum Gasteiger partial charge on any atom is 0.246 e. The van der Waals surface area contributed by atoms with Crippen molar-refractivity contribution < 1.29 is 14.3 Å². The van der Waals surface area contributed by atoms with E-state index >= 15 is 0 Å². The first-order valence-electron chi connectivity index (χ1n) is 5.91. The molecule has 0 aromatic carbocycles. The molecule has 0 bridgehead atoms. The maximum absolute atomic E-state index is 10.9. The van der Waals surface area contributed by atoms with Gasteiger partial charge in [0, 0.05) is 6.42 Å². The third kappa shape index (κ3) is 2.53. The van der Waals surface area contributed by atoms with E-state index in [2.05, 4.69) is 5.32 Å². The van der Waals surface area contributed by atoms with E-state index in [1.807, 2.05) is 0 Å². The van der Waals surface area contributed by atoms with Crippen molar-refractivity contribution in [2.75, 3.05) is 19.7 Å². The lowest BCUT2D eigenvalue weighted by molar-refractivity contribution is -0.131. The second-order valence-electron chi connectivity index (χ2n) is 4.75. The van der Waals surface area contributed by atoms with Gasteiger partial charge >= 0.3 is 0 Å². The second kappa shape index (κ2) is 4.69. The Morgan fingerprint density at radius 3 is 2.88 bits per heavy atom. The van der Waals surface area contributed by atoms with Crippen LogP contribution < -0.4 is 11.1 Å². The normalized spacial score (nSPS) is 30.4. The van der Waals surface area contributed by atoms with E-state index in [0.29, 0.717) is 6.61 Å². The molecule has 5 nitrogen and oxygen atoms in total. The number of amides is 1. The summed E-state index contributed by atoms with van der Waals surface area (Å²) in [6.07, 6.45) is 2.42. The SMILES string of the molecule is CC(OC1COC2(CCNCC2)C1)C(N)=O. The molecule has 1 amide bonds. The van der Waals surface area contributed by atoms with Crippen LogP contribution in [0.2, 0.25) is 0 Å². The van der Waals surface area contributed by atoms with Crippen molar-refractivity contribution in [2.45, 2.75) is 44.0 Å². The largest absolute Gasteiger partial charge is 0.372 e. The molecule has 3 N–H and O–H groups in total. The van der Waals surface area contributed by atoms with E-state index in [1.165, 1.54) is 0 Å². The number of nitrogens with two attached hydrogens (primary N) is 1. The topological polar surface area (TPSA) is 73.6 Å². The monoisotopic (exact) mass is 228 g/mol. The molecule has 0 aliphatic carbocycles. The van der Waals surface area contributed by atoms with Gasteiger partial charge in [0.25, 0.3) is 0 Å². The van der Waals surface area contributed by atoms with Gasteiger partial charge in [0.2, 0.25) is 5.91 Å². The van der Waals surface area contributed by atoms with Crippen LogP contribution in [0.25, 0.3) is 0 Å². The van der Waals surface area contributed by atoms with Gasteiger partial charge in [-0.2, -0.15) is 0 Å². The maximum atomic E-state index is 10.9. The zero-order valence-electron chi connectivity index (χ0n) is 9.70. The van der Waals surface area contributed by atoms with E-state index in [0.717, 1.165) is 32.4 Å². The third-order valence-electron chi connectivity index (χ3n) is 3.49. The van der Waals surface area contributed by atoms with Crippen LogP contribution in [0.15, 0.2) is 0 Å². The highest BCUT2D eigenvalue weighted by Gasteiger charge is 2.42. The average Bonchev–Trinajstić information content (AvgIpc) is 2.62. The second-order valence-corrected chi connectivity index (χ2v) is 4.75. The number of nitrogens with one attached hydrogen (secondary N) is 1. The molecule has 16 heavy (non-hydrogen) atoms. The summed E-state index contributed by atoms with van der Waals surface area (Å²) < 4.78 is 11.4. The van der Waals surface area contributed by atoms with Gasteiger partial charge in [0.05, 0.1) is 18.3 Å². The minimum atomic E-state index is -0.523. The lowest BCUT2D eigenvalue weighted by atomic mass is 9.89. The van der Waals surface area contributed by atoms with Crippen molar-refractivity contribution in [1.29, 1.82) is 0 Å². The Morgan fingerprint density at radius 1 is 1.56 bits per heavy atom. The molecule has 2 unspecified atom stereocenters. The summed E-state index contributed by atoms with van der Waals surface area (Å²) in [4.78, 5) is 10.9. The van der Waals surface area contributed by atoms with Crippen LogP contribution in [0, 0.1) is 0 Å². The summed E-state index contributed by atoms with van der Waals surface area (Å²) in [6, 6.07) is 0. The molecule has 2 fully saturated rings. The van der Waals surface area contributed by atoms with Crippen LogP contribution in [0.1, 0.15) is 26.2 Å². The Bertz CT molecular complexity index is 264. The van der Waals surface area contributed by atoms with Crippen LogP contribution in [-0.2, 0) is 14.3 Å². The lowest BCUT2D eigenvalue weighted by Crippen LogP contribution is -2.42. The van der Waals surface area contributed by atoms with E-state index in [1.54, 1.807) is 6.92 Å². The Hall–Kier alpha value is -0.650. The van der Waals surface area contributed by atoms with Gasteiger partial charge in [-0.1, -0.05) is 0 Å². The zero-order valence-corrected chi connectivity index (χ0v) is 9.70. The van der Waals surface area contributed by atoms with Crippen molar-refractivity contribution >= 4 is 5.91 Å². The van der Waals surface area contributed by atoms with Crippen LogP contribution >= 0.6 is 0 Å². The van der Waals surface area contributed by atoms with Gasteiger partial charge in [-0.05, 0) is 32.9 Å². The fourth-order valence-electron chi connectivity index (χ4n) is 2.48. The molecule has 2 rings (SSSR count). The number of piperidine rings is 1. The fourth-order valence-corrected chi connectivity index (χ4v) is 2.48. The van der Waals surface area contributed by atoms with Gasteiger partial charge < -0.3 is 20.5 Å². The van der Waals surface area contributed by atoms with Gasteiger partial charge in [-0.15, -0.1) is 0 Å². The summed E-state index contributed by atoms with van der Waals surface area (Å²) in [5.41, 5.74) is 5.15. The lowest BCUT2D eigenvalue weighted by Gasteiger charge is -2.32. The van der Waals surface area contributed by atoms with Gasteiger partial charge in [0.15, 0.2) is 0 Å². The van der Waals surface area contributed by atoms with E-state index in [9.17, 15) is 4.79 Å². The Kier molecular flexibility index (Phi) is 3.47. The molecule has 0 aromatic heterocycles. The fraction of sp³-hybridized carbons (Fsp3) is 0.909. The molecular formula is C11H20N2O3. The summed E-state index contributed by atoms with van der Waals surface area (Å²) in [5, 5.41) is 3.31. The highest BCUT2D eigenvalue weighted by Crippen LogP contribution is 2.35. The predicted molar refractivity (Wildman–Crippen MR) is 58.9 cm³/mol. The molecule has 5 heteroatoms. The Morgan fingerprint density at radius 2 is 2.25 bits per heavy atom. The molecule has 0 radical (unpaired) electrons. The van der Waals surface area contributed by atoms with Crippen molar-refractivity contribution in [3.63, 3.8) is 0 Å². The van der Waals surface area contributed by atoms with Crippen LogP contribution in [0.5, 0.6) is 0 Å². The first-order chi connectivity index (χ1) is 7.61. The molecular weight excluding hydrogens is 208 g/mol. The molecule has 2 saturated heterocycles. The van der Waals surface area contributed by atoms with Crippen molar-refractivity contribution in [1.82, 2.24) is 5.32 Å². The summed E-state index contributed by atoms with van der Waals surface area (Å²) in [5.74, 6) is -0.411. The molecule has 2 aliphatic heterocycles. The minimum absolute atomic E-state index is 0.0144. The molecule has 0 saturated carbocycles. The summed E-state index contributed by atoms with van der Waals surface area (Å²) in [6.45, 7) is 4.27. The first-order valence-corrected chi connectivity index (χ1v) is 5.91. The predicted octanol–water partition coefficient (Wildman–Crippen LogP) is -0.212. The molecule has 1 spiro atoms.